The van der Waals surface area contributed by atoms with E-state index in [0.29, 0.717) is 35.4 Å². The molecule has 8 nitrogen and oxygen atoms in total. The van der Waals surface area contributed by atoms with Gasteiger partial charge in [-0.3, -0.25) is 19.8 Å². The van der Waals surface area contributed by atoms with Gasteiger partial charge in [-0.2, -0.15) is 5.10 Å². The Kier molecular flexibility index (Phi) is 4.42. The number of fused-ring (bicyclic) bond motifs is 1. The van der Waals surface area contributed by atoms with Crippen molar-refractivity contribution in [1.82, 2.24) is 15.1 Å². The summed E-state index contributed by atoms with van der Waals surface area (Å²) in [5.41, 5.74) is 0.276. The Morgan fingerprint density at radius 1 is 1.38 bits per heavy atom. The molecule has 2 N–H and O–H groups in total. The summed E-state index contributed by atoms with van der Waals surface area (Å²) in [5.74, 6) is 0.512. The molecule has 0 aromatic carbocycles. The molecule has 0 aliphatic carbocycles. The Hall–Kier alpha value is -2.19. The molecule has 0 saturated carbocycles. The van der Waals surface area contributed by atoms with E-state index in [1.54, 1.807) is 13.8 Å². The van der Waals surface area contributed by atoms with Crippen molar-refractivity contribution in [3.05, 3.63) is 21.8 Å². The number of hydrogen-bond donors (Lipinski definition) is 2. The summed E-state index contributed by atoms with van der Waals surface area (Å²) < 4.78 is 11.2. The highest BCUT2D eigenvalue weighted by Gasteiger charge is 2.26. The largest absolute Gasteiger partial charge is 0.444 e. The number of carbonyl (C=O) groups excluding carboxylic acids is 1. The number of hydrogen-bond acceptors (Lipinski definition) is 6. The number of carbonyl (C=O) groups is 1. The minimum Gasteiger partial charge on any atom is -0.444 e. The van der Waals surface area contributed by atoms with Crippen LogP contribution in [0.15, 0.2) is 9.21 Å². The lowest BCUT2D eigenvalue weighted by Gasteiger charge is -2.36. The maximum Gasteiger partial charge on any atom is 0.277 e. The lowest BCUT2D eigenvalue weighted by Crippen LogP contribution is -2.50. The number of rotatable bonds is 3. The van der Waals surface area contributed by atoms with Crippen LogP contribution in [0.1, 0.15) is 25.3 Å². The van der Waals surface area contributed by atoms with Gasteiger partial charge < -0.3 is 9.15 Å². The third-order valence-corrected chi connectivity index (χ3v) is 4.33. The van der Waals surface area contributed by atoms with Crippen molar-refractivity contribution in [3.63, 3.8) is 0 Å². The summed E-state index contributed by atoms with van der Waals surface area (Å²) >= 11 is 0. The second-order valence-corrected chi connectivity index (χ2v) is 6.35. The van der Waals surface area contributed by atoms with Gasteiger partial charge in [0, 0.05) is 12.6 Å². The standard InChI is InChI=1S/C16H22N4O4/c1-8-7-23-9(2)5-20(8)6-12(21)17-16-14-13(11(4)24-16)10(3)18-19-15(14)22/h8-9H,5-7H2,1-4H3,(H,17,21)(H,19,22)/t8-,9+/m0/s1. The van der Waals surface area contributed by atoms with Gasteiger partial charge in [-0.1, -0.05) is 0 Å². The van der Waals surface area contributed by atoms with E-state index in [4.69, 9.17) is 9.15 Å². The summed E-state index contributed by atoms with van der Waals surface area (Å²) in [6, 6.07) is 0.164. The molecule has 8 heteroatoms. The van der Waals surface area contributed by atoms with Crippen molar-refractivity contribution in [2.45, 2.75) is 39.8 Å². The summed E-state index contributed by atoms with van der Waals surface area (Å²) in [7, 11) is 0. The van der Waals surface area contributed by atoms with Gasteiger partial charge in [0.05, 0.1) is 30.3 Å². The van der Waals surface area contributed by atoms with E-state index in [0.717, 1.165) is 0 Å². The molecule has 3 rings (SSSR count). The predicted molar refractivity (Wildman–Crippen MR) is 89.2 cm³/mol. The van der Waals surface area contributed by atoms with Crippen LogP contribution in [0, 0.1) is 13.8 Å². The molecule has 0 spiro atoms. The number of anilines is 1. The fourth-order valence-electron chi connectivity index (χ4n) is 3.07. The third-order valence-electron chi connectivity index (χ3n) is 4.33. The quantitative estimate of drug-likeness (QED) is 0.874. The number of furan rings is 1. The van der Waals surface area contributed by atoms with Gasteiger partial charge in [0.25, 0.3) is 5.56 Å². The number of aryl methyl sites for hydroxylation is 2. The van der Waals surface area contributed by atoms with E-state index in [-0.39, 0.29) is 36.0 Å². The predicted octanol–water partition coefficient (Wildman–Crippen LogP) is 1.18. The minimum atomic E-state index is -0.379. The lowest BCUT2D eigenvalue weighted by atomic mass is 10.2. The number of aromatic amines is 1. The van der Waals surface area contributed by atoms with Gasteiger partial charge in [0.15, 0.2) is 0 Å². The smallest absolute Gasteiger partial charge is 0.277 e. The zero-order valence-corrected chi connectivity index (χ0v) is 14.3. The van der Waals surface area contributed by atoms with Crippen LogP contribution in [0.5, 0.6) is 0 Å². The molecule has 2 atom stereocenters. The maximum absolute atomic E-state index is 12.4. The average Bonchev–Trinajstić information content (AvgIpc) is 2.84. The Bertz CT molecular complexity index is 825. The summed E-state index contributed by atoms with van der Waals surface area (Å²) in [5, 5.41) is 10.1. The normalized spacial score (nSPS) is 22.0. The number of aromatic nitrogens is 2. The second kappa shape index (κ2) is 6.37. The molecular formula is C16H22N4O4. The van der Waals surface area contributed by atoms with Gasteiger partial charge in [0.1, 0.15) is 11.1 Å². The number of nitrogens with one attached hydrogen (secondary N) is 2. The Morgan fingerprint density at radius 3 is 2.88 bits per heavy atom. The molecule has 0 radical (unpaired) electrons. The summed E-state index contributed by atoms with van der Waals surface area (Å²) in [6.07, 6.45) is 0.0947. The van der Waals surface area contributed by atoms with Crippen molar-refractivity contribution < 1.29 is 13.9 Å². The SMILES string of the molecule is Cc1n[nH]c(=O)c2c(NC(=O)CN3C[C@@H](C)OC[C@@H]3C)oc(C)c12. The van der Waals surface area contributed by atoms with Gasteiger partial charge >= 0.3 is 0 Å². The van der Waals surface area contributed by atoms with Crippen LogP contribution in [0.4, 0.5) is 5.88 Å². The molecule has 2 aromatic heterocycles. The average molecular weight is 334 g/mol. The number of amides is 1. The van der Waals surface area contributed by atoms with E-state index in [1.165, 1.54) is 0 Å². The van der Waals surface area contributed by atoms with Crippen molar-refractivity contribution in [1.29, 1.82) is 0 Å². The number of ether oxygens (including phenoxy) is 1. The fourth-order valence-corrected chi connectivity index (χ4v) is 3.07. The minimum absolute atomic E-state index is 0.0947. The maximum atomic E-state index is 12.4. The van der Waals surface area contributed by atoms with Crippen molar-refractivity contribution in [2.24, 2.45) is 0 Å². The molecule has 1 fully saturated rings. The van der Waals surface area contributed by atoms with E-state index < -0.39 is 0 Å². The van der Waals surface area contributed by atoms with Crippen LogP contribution in [0.25, 0.3) is 10.8 Å². The van der Waals surface area contributed by atoms with Crippen LogP contribution in [-0.4, -0.2) is 52.8 Å². The monoisotopic (exact) mass is 334 g/mol. The van der Waals surface area contributed by atoms with Crippen molar-refractivity contribution >= 4 is 22.6 Å². The molecule has 24 heavy (non-hydrogen) atoms. The molecular weight excluding hydrogens is 312 g/mol. The fraction of sp³-hybridized carbons (Fsp3) is 0.562. The van der Waals surface area contributed by atoms with Crippen molar-refractivity contribution in [2.75, 3.05) is 25.0 Å². The number of nitrogens with zero attached hydrogens (tertiary/aromatic N) is 2. The van der Waals surface area contributed by atoms with E-state index in [2.05, 4.69) is 20.4 Å². The number of H-pyrrole nitrogens is 1. The first-order valence-electron chi connectivity index (χ1n) is 8.00. The van der Waals surface area contributed by atoms with Crippen LogP contribution in [0.2, 0.25) is 0 Å². The molecule has 1 aliphatic rings. The van der Waals surface area contributed by atoms with Gasteiger partial charge in [-0.25, -0.2) is 5.10 Å². The Balaban J connectivity index is 1.81. The lowest BCUT2D eigenvalue weighted by molar-refractivity contribution is -0.121. The Labute approximate surface area is 139 Å². The highest BCUT2D eigenvalue weighted by Crippen LogP contribution is 2.28. The number of morpholine rings is 1. The van der Waals surface area contributed by atoms with E-state index in [9.17, 15) is 9.59 Å². The summed E-state index contributed by atoms with van der Waals surface area (Å²) in [6.45, 7) is 9.04. The first-order chi connectivity index (χ1) is 11.4. The molecule has 0 unspecified atom stereocenters. The first-order valence-corrected chi connectivity index (χ1v) is 8.00. The van der Waals surface area contributed by atoms with Crippen LogP contribution >= 0.6 is 0 Å². The van der Waals surface area contributed by atoms with Crippen LogP contribution in [0.3, 0.4) is 0 Å². The topological polar surface area (TPSA) is 100 Å². The van der Waals surface area contributed by atoms with Crippen LogP contribution in [-0.2, 0) is 9.53 Å². The first kappa shape index (κ1) is 16.7. The van der Waals surface area contributed by atoms with E-state index in [1.807, 2.05) is 13.8 Å². The molecule has 3 heterocycles. The molecule has 1 aliphatic heterocycles. The van der Waals surface area contributed by atoms with Crippen LogP contribution < -0.4 is 10.9 Å². The highest BCUT2D eigenvalue weighted by atomic mass is 16.5. The molecule has 130 valence electrons. The van der Waals surface area contributed by atoms with Gasteiger partial charge in [0.2, 0.25) is 11.8 Å². The van der Waals surface area contributed by atoms with Gasteiger partial charge in [-0.15, -0.1) is 0 Å². The molecule has 1 saturated heterocycles. The second-order valence-electron chi connectivity index (χ2n) is 6.35. The molecule has 0 bridgehead atoms. The van der Waals surface area contributed by atoms with E-state index >= 15 is 0 Å². The molecule has 2 aromatic rings. The summed E-state index contributed by atoms with van der Waals surface area (Å²) in [4.78, 5) is 26.5. The highest BCUT2D eigenvalue weighted by molar-refractivity contribution is 6.01. The molecule has 1 amide bonds. The zero-order valence-electron chi connectivity index (χ0n) is 14.3. The zero-order chi connectivity index (χ0) is 17.4. The Morgan fingerprint density at radius 2 is 2.12 bits per heavy atom. The van der Waals surface area contributed by atoms with Gasteiger partial charge in [-0.05, 0) is 27.7 Å². The third kappa shape index (κ3) is 3.07. The van der Waals surface area contributed by atoms with Crippen molar-refractivity contribution in [3.8, 4) is 0 Å².